The average molecular weight is 356 g/mol. The van der Waals surface area contributed by atoms with E-state index in [0.29, 0.717) is 23.2 Å². The van der Waals surface area contributed by atoms with Gasteiger partial charge in [0.15, 0.2) is 5.82 Å². The number of amides is 2. The maximum absolute atomic E-state index is 12.2. The molecular weight excluding hydrogens is 340 g/mol. The minimum absolute atomic E-state index is 0.341. The van der Waals surface area contributed by atoms with Gasteiger partial charge < -0.3 is 19.9 Å². The van der Waals surface area contributed by atoms with Gasteiger partial charge in [0.2, 0.25) is 0 Å². The van der Waals surface area contributed by atoms with Crippen molar-refractivity contribution in [1.29, 1.82) is 0 Å². The number of nitrogens with zero attached hydrogens (tertiary/aromatic N) is 2. The Morgan fingerprint density at radius 1 is 1.24 bits per heavy atom. The lowest BCUT2D eigenvalue weighted by atomic mass is 10.3. The number of rotatable bonds is 5. The van der Waals surface area contributed by atoms with E-state index in [2.05, 4.69) is 20.8 Å². The number of carbonyl (C=O) groups excluding carboxylic acids is 1. The van der Waals surface area contributed by atoms with Gasteiger partial charge in [0.05, 0.1) is 12.8 Å². The van der Waals surface area contributed by atoms with Crippen LogP contribution in [0.25, 0.3) is 10.8 Å². The van der Waals surface area contributed by atoms with Crippen LogP contribution < -0.4 is 15.4 Å². The van der Waals surface area contributed by atoms with Crippen LogP contribution in [0.15, 0.2) is 40.2 Å². The summed E-state index contributed by atoms with van der Waals surface area (Å²) in [6, 6.07) is 8.58. The third-order valence-corrected chi connectivity index (χ3v) is 4.74. The molecule has 1 saturated carbocycles. The van der Waals surface area contributed by atoms with Crippen molar-refractivity contribution in [3.63, 3.8) is 0 Å². The molecule has 1 aromatic carbocycles. The number of benzene rings is 1. The zero-order valence-electron chi connectivity index (χ0n) is 13.5. The smallest absolute Gasteiger partial charge is 0.323 e. The molecule has 1 aliphatic carbocycles. The van der Waals surface area contributed by atoms with E-state index in [9.17, 15) is 4.79 Å². The summed E-state index contributed by atoms with van der Waals surface area (Å²) < 4.78 is 10.4. The van der Waals surface area contributed by atoms with E-state index in [1.165, 1.54) is 11.3 Å². The Labute approximate surface area is 148 Å². The van der Waals surface area contributed by atoms with Gasteiger partial charge in [-0.3, -0.25) is 0 Å². The monoisotopic (exact) mass is 356 g/mol. The van der Waals surface area contributed by atoms with Gasteiger partial charge in [0.1, 0.15) is 10.6 Å². The van der Waals surface area contributed by atoms with E-state index in [4.69, 9.17) is 9.26 Å². The highest BCUT2D eigenvalue weighted by Crippen LogP contribution is 2.40. The second kappa shape index (κ2) is 6.56. The molecule has 0 radical (unpaired) electrons. The van der Waals surface area contributed by atoms with Crippen molar-refractivity contribution in [1.82, 2.24) is 10.1 Å². The summed E-state index contributed by atoms with van der Waals surface area (Å²) in [7, 11) is 1.60. The minimum Gasteiger partial charge on any atom is -0.497 e. The van der Waals surface area contributed by atoms with E-state index < -0.39 is 0 Å². The van der Waals surface area contributed by atoms with Gasteiger partial charge in [-0.15, -0.1) is 11.3 Å². The molecule has 1 aliphatic rings. The number of carbonyl (C=O) groups is 1. The van der Waals surface area contributed by atoms with Gasteiger partial charge in [-0.1, -0.05) is 5.16 Å². The molecule has 0 saturated heterocycles. The number of aromatic nitrogens is 2. The molecule has 4 rings (SSSR count). The van der Waals surface area contributed by atoms with Gasteiger partial charge in [-0.25, -0.2) is 4.79 Å². The molecule has 2 heterocycles. The van der Waals surface area contributed by atoms with Gasteiger partial charge >= 0.3 is 6.03 Å². The van der Waals surface area contributed by atoms with Crippen molar-refractivity contribution in [3.8, 4) is 16.5 Å². The molecule has 0 unspecified atom stereocenters. The minimum atomic E-state index is -0.341. The second-order valence-electron chi connectivity index (χ2n) is 5.70. The molecule has 2 N–H and O–H groups in total. The van der Waals surface area contributed by atoms with Crippen molar-refractivity contribution in [2.75, 3.05) is 17.7 Å². The number of hydrogen-bond acceptors (Lipinski definition) is 6. The van der Waals surface area contributed by atoms with E-state index in [0.717, 1.165) is 29.3 Å². The molecule has 0 bridgehead atoms. The fraction of sp³-hybridized carbons (Fsp3) is 0.235. The summed E-state index contributed by atoms with van der Waals surface area (Å²) in [4.78, 5) is 17.4. The lowest BCUT2D eigenvalue weighted by molar-refractivity contribution is 0.262. The lowest BCUT2D eigenvalue weighted by Gasteiger charge is -2.08. The molecule has 3 aromatic rings. The van der Waals surface area contributed by atoms with Crippen LogP contribution in [0.2, 0.25) is 0 Å². The molecular formula is C17H16N4O3S. The summed E-state index contributed by atoms with van der Waals surface area (Å²) >= 11 is 1.45. The molecule has 1 fully saturated rings. The normalized spacial score (nSPS) is 13.5. The van der Waals surface area contributed by atoms with Crippen LogP contribution in [0.3, 0.4) is 0 Å². The van der Waals surface area contributed by atoms with E-state index in [1.54, 1.807) is 31.4 Å². The van der Waals surface area contributed by atoms with Crippen LogP contribution in [0.4, 0.5) is 16.2 Å². The van der Waals surface area contributed by atoms with Crippen molar-refractivity contribution in [3.05, 3.63) is 41.5 Å². The van der Waals surface area contributed by atoms with Crippen LogP contribution in [0, 0.1) is 0 Å². The average Bonchev–Trinajstić information content (AvgIpc) is 3.17. The van der Waals surface area contributed by atoms with Crippen molar-refractivity contribution in [2.45, 2.75) is 18.8 Å². The van der Waals surface area contributed by atoms with Crippen LogP contribution >= 0.6 is 11.3 Å². The molecule has 25 heavy (non-hydrogen) atoms. The molecule has 0 aliphatic heterocycles. The van der Waals surface area contributed by atoms with Gasteiger partial charge in [0.25, 0.3) is 5.89 Å². The van der Waals surface area contributed by atoms with E-state index in [1.807, 2.05) is 11.4 Å². The zero-order chi connectivity index (χ0) is 17.2. The van der Waals surface area contributed by atoms with Crippen molar-refractivity contribution >= 4 is 28.7 Å². The highest BCUT2D eigenvalue weighted by molar-refractivity contribution is 7.14. The molecule has 0 spiro atoms. The predicted molar refractivity (Wildman–Crippen MR) is 95.2 cm³/mol. The topological polar surface area (TPSA) is 89.3 Å². The van der Waals surface area contributed by atoms with Crippen LogP contribution in [0.1, 0.15) is 24.6 Å². The molecule has 2 aromatic heterocycles. The Kier molecular flexibility index (Phi) is 4.10. The van der Waals surface area contributed by atoms with Gasteiger partial charge in [-0.05, 0) is 48.6 Å². The highest BCUT2D eigenvalue weighted by atomic mass is 32.1. The van der Waals surface area contributed by atoms with Gasteiger partial charge in [0, 0.05) is 11.6 Å². The second-order valence-corrected chi connectivity index (χ2v) is 6.62. The largest absolute Gasteiger partial charge is 0.497 e. The highest BCUT2D eigenvalue weighted by Gasteiger charge is 2.29. The number of anilines is 2. The summed E-state index contributed by atoms with van der Waals surface area (Å²) in [5, 5.41) is 11.5. The fourth-order valence-corrected chi connectivity index (χ4v) is 3.14. The van der Waals surface area contributed by atoms with Crippen LogP contribution in [0.5, 0.6) is 5.75 Å². The number of methoxy groups -OCH3 is 1. The third-order valence-electron chi connectivity index (χ3n) is 3.84. The number of urea groups is 1. The summed E-state index contributed by atoms with van der Waals surface area (Å²) in [5.74, 6) is 2.34. The first-order valence-corrected chi connectivity index (χ1v) is 8.74. The molecule has 2 amide bonds. The number of nitrogens with one attached hydrogen (secondary N) is 2. The molecule has 128 valence electrons. The third kappa shape index (κ3) is 3.48. The van der Waals surface area contributed by atoms with Gasteiger partial charge in [-0.2, -0.15) is 4.98 Å². The Balaban J connectivity index is 1.45. The Hall–Kier alpha value is -2.87. The number of hydrogen-bond donors (Lipinski definition) is 2. The fourth-order valence-electron chi connectivity index (χ4n) is 2.37. The first-order chi connectivity index (χ1) is 12.2. The molecule has 7 nitrogen and oxygen atoms in total. The standard InChI is InChI=1S/C17H16N4O3S/c1-23-12-6-4-11(5-7-12)18-17(22)19-13-8-9-25-14(13)16-20-15(21-24-16)10-2-3-10/h4-10H,2-3H2,1H3,(H2,18,19,22). The molecule has 8 heteroatoms. The Morgan fingerprint density at radius 3 is 2.76 bits per heavy atom. The maximum atomic E-state index is 12.2. The zero-order valence-corrected chi connectivity index (χ0v) is 14.3. The van der Waals surface area contributed by atoms with Crippen LogP contribution in [-0.4, -0.2) is 23.3 Å². The first kappa shape index (κ1) is 15.6. The maximum Gasteiger partial charge on any atom is 0.323 e. The Bertz CT molecular complexity index is 883. The summed E-state index contributed by atoms with van der Waals surface area (Å²) in [6.45, 7) is 0. The number of thiophene rings is 1. The SMILES string of the molecule is COc1ccc(NC(=O)Nc2ccsc2-c2nc(C3CC3)no2)cc1. The molecule has 0 atom stereocenters. The number of ether oxygens (including phenoxy) is 1. The van der Waals surface area contributed by atoms with Crippen LogP contribution in [-0.2, 0) is 0 Å². The lowest BCUT2D eigenvalue weighted by Crippen LogP contribution is -2.19. The summed E-state index contributed by atoms with van der Waals surface area (Å²) in [6.07, 6.45) is 2.22. The Morgan fingerprint density at radius 2 is 2.04 bits per heavy atom. The van der Waals surface area contributed by atoms with E-state index in [-0.39, 0.29) is 6.03 Å². The van der Waals surface area contributed by atoms with Crippen molar-refractivity contribution in [2.24, 2.45) is 0 Å². The first-order valence-electron chi connectivity index (χ1n) is 7.86. The quantitative estimate of drug-likeness (QED) is 0.710. The predicted octanol–water partition coefficient (Wildman–Crippen LogP) is 4.33. The summed E-state index contributed by atoms with van der Waals surface area (Å²) in [5.41, 5.74) is 1.31. The van der Waals surface area contributed by atoms with Crippen molar-refractivity contribution < 1.29 is 14.1 Å². The van der Waals surface area contributed by atoms with E-state index >= 15 is 0 Å².